The molecule has 3 aromatic carbocycles. The van der Waals surface area contributed by atoms with Crippen LogP contribution in [0.1, 0.15) is 34.8 Å². The molecule has 3 nitrogen and oxygen atoms in total. The fourth-order valence-corrected chi connectivity index (χ4v) is 3.85. The van der Waals surface area contributed by atoms with Crippen LogP contribution in [0.3, 0.4) is 0 Å². The number of rotatable bonds is 5. The largest absolute Gasteiger partial charge is 0.355 e. The highest BCUT2D eigenvalue weighted by Crippen LogP contribution is 2.44. The molecule has 0 bridgehead atoms. The van der Waals surface area contributed by atoms with Crippen LogP contribution in [0.25, 0.3) is 0 Å². The molecular weight excluding hydrogens is 320 g/mol. The second-order valence-corrected chi connectivity index (χ2v) is 6.57. The summed E-state index contributed by atoms with van der Waals surface area (Å²) >= 11 is 0. The fraction of sp³-hybridized carbons (Fsp3) is 0.174. The van der Waals surface area contributed by atoms with E-state index in [0.717, 1.165) is 28.8 Å². The molecule has 3 aromatic rings. The van der Waals surface area contributed by atoms with Gasteiger partial charge < -0.3 is 10.2 Å². The summed E-state index contributed by atoms with van der Waals surface area (Å²) < 4.78 is 0. The zero-order valence-corrected chi connectivity index (χ0v) is 14.9. The van der Waals surface area contributed by atoms with Crippen LogP contribution in [-0.2, 0) is 5.66 Å². The molecule has 3 heteroatoms. The van der Waals surface area contributed by atoms with Crippen molar-refractivity contribution >= 4 is 11.6 Å². The van der Waals surface area contributed by atoms with Crippen molar-refractivity contribution in [3.63, 3.8) is 0 Å². The molecule has 0 spiro atoms. The van der Waals surface area contributed by atoms with E-state index in [1.165, 1.54) is 0 Å². The predicted molar refractivity (Wildman–Crippen MR) is 105 cm³/mol. The first-order valence-electron chi connectivity index (χ1n) is 9.07. The molecule has 4 rings (SSSR count). The fourth-order valence-electron chi connectivity index (χ4n) is 3.85. The summed E-state index contributed by atoms with van der Waals surface area (Å²) in [6.45, 7) is 2.79. The molecule has 0 radical (unpaired) electrons. The molecule has 0 aliphatic carbocycles. The third-order valence-corrected chi connectivity index (χ3v) is 4.94. The third-order valence-electron chi connectivity index (χ3n) is 4.94. The molecule has 0 saturated heterocycles. The highest BCUT2D eigenvalue weighted by atomic mass is 16.2. The monoisotopic (exact) mass is 342 g/mol. The second-order valence-electron chi connectivity index (χ2n) is 6.57. The van der Waals surface area contributed by atoms with Gasteiger partial charge in [-0.2, -0.15) is 0 Å². The average molecular weight is 342 g/mol. The average Bonchev–Trinajstić information content (AvgIpc) is 2.94. The Morgan fingerprint density at radius 3 is 2.15 bits per heavy atom. The number of hydrogen-bond acceptors (Lipinski definition) is 2. The molecule has 0 fully saturated rings. The summed E-state index contributed by atoms with van der Waals surface area (Å²) in [6, 6.07) is 28.3. The summed E-state index contributed by atoms with van der Waals surface area (Å²) in [4.78, 5) is 15.2. The van der Waals surface area contributed by atoms with E-state index >= 15 is 0 Å². The van der Waals surface area contributed by atoms with Crippen LogP contribution in [0.5, 0.6) is 0 Å². The highest BCUT2D eigenvalue weighted by molar-refractivity contribution is 6.01. The van der Waals surface area contributed by atoms with Gasteiger partial charge in [-0.25, -0.2) is 0 Å². The Hall–Kier alpha value is -3.07. The maximum absolute atomic E-state index is 13.3. The lowest BCUT2D eigenvalue weighted by atomic mass is 9.90. The second kappa shape index (κ2) is 6.68. The number of anilines is 1. The normalized spacial score (nSPS) is 18.7. The van der Waals surface area contributed by atoms with Crippen LogP contribution in [-0.4, -0.2) is 17.4 Å². The zero-order chi connectivity index (χ0) is 18.0. The number of carbonyl (C=O) groups excluding carboxylic acids is 1. The van der Waals surface area contributed by atoms with Gasteiger partial charge in [0.1, 0.15) is 0 Å². The Morgan fingerprint density at radius 1 is 0.846 bits per heavy atom. The third kappa shape index (κ3) is 2.48. The minimum Gasteiger partial charge on any atom is -0.355 e. The van der Waals surface area contributed by atoms with E-state index in [4.69, 9.17) is 0 Å². The number of carbonyl (C=O) groups is 1. The van der Waals surface area contributed by atoms with Crippen molar-refractivity contribution in [3.05, 3.63) is 102 Å². The lowest BCUT2D eigenvalue weighted by molar-refractivity contribution is 0.0663. The summed E-state index contributed by atoms with van der Waals surface area (Å²) in [5.41, 5.74) is 3.13. The van der Waals surface area contributed by atoms with Gasteiger partial charge in [-0.3, -0.25) is 4.79 Å². The first-order chi connectivity index (χ1) is 12.8. The smallest absolute Gasteiger partial charge is 0.256 e. The Balaban J connectivity index is 1.98. The van der Waals surface area contributed by atoms with Crippen LogP contribution in [0.4, 0.5) is 5.69 Å². The number of hydrogen-bond donors (Lipinski definition) is 1. The van der Waals surface area contributed by atoms with Crippen molar-refractivity contribution < 1.29 is 4.79 Å². The summed E-state index contributed by atoms with van der Waals surface area (Å²) in [5.74, 6) is 0.0785. The van der Waals surface area contributed by atoms with Gasteiger partial charge >= 0.3 is 0 Å². The van der Waals surface area contributed by atoms with Crippen molar-refractivity contribution in [2.45, 2.75) is 19.0 Å². The molecule has 1 aliphatic rings. The lowest BCUT2D eigenvalue weighted by Gasteiger charge is -2.41. The molecule has 26 heavy (non-hydrogen) atoms. The van der Waals surface area contributed by atoms with Crippen LogP contribution >= 0.6 is 0 Å². The van der Waals surface area contributed by atoms with Crippen molar-refractivity contribution in [1.82, 2.24) is 4.90 Å². The van der Waals surface area contributed by atoms with Gasteiger partial charge in [-0.1, -0.05) is 73.7 Å². The molecule has 1 amide bonds. The minimum atomic E-state index is -0.702. The van der Waals surface area contributed by atoms with Crippen LogP contribution in [0.2, 0.25) is 0 Å². The van der Waals surface area contributed by atoms with E-state index in [0.29, 0.717) is 6.54 Å². The molecule has 1 aliphatic heterocycles. The first kappa shape index (κ1) is 16.4. The van der Waals surface area contributed by atoms with Gasteiger partial charge in [-0.05, 0) is 24.6 Å². The van der Waals surface area contributed by atoms with Gasteiger partial charge in [0, 0.05) is 28.9 Å². The van der Waals surface area contributed by atoms with Gasteiger partial charge in [0.15, 0.2) is 5.66 Å². The topological polar surface area (TPSA) is 32.3 Å². The minimum absolute atomic E-state index is 0.0785. The van der Waals surface area contributed by atoms with E-state index in [2.05, 4.69) is 30.4 Å². The highest BCUT2D eigenvalue weighted by Gasteiger charge is 2.50. The molecule has 0 aromatic heterocycles. The zero-order valence-electron chi connectivity index (χ0n) is 14.9. The van der Waals surface area contributed by atoms with Crippen molar-refractivity contribution in [3.8, 4) is 0 Å². The Morgan fingerprint density at radius 2 is 1.46 bits per heavy atom. The van der Waals surface area contributed by atoms with Crippen LogP contribution in [0.15, 0.2) is 84.9 Å². The van der Waals surface area contributed by atoms with E-state index in [1.54, 1.807) is 0 Å². The molecule has 1 atom stereocenters. The molecular formula is C23H22N2O. The van der Waals surface area contributed by atoms with E-state index < -0.39 is 5.66 Å². The van der Waals surface area contributed by atoms with Gasteiger partial charge in [0.2, 0.25) is 0 Å². The maximum atomic E-state index is 13.3. The van der Waals surface area contributed by atoms with E-state index in [-0.39, 0.29) is 5.91 Å². The van der Waals surface area contributed by atoms with Crippen LogP contribution in [0, 0.1) is 0 Å². The Kier molecular flexibility index (Phi) is 4.21. The standard InChI is InChI=1S/C23H22N2O/c1-2-17-25-22(26)20-15-9-10-16-21(20)23(25,18-11-5-3-6-12-18)24-19-13-7-4-8-14-19/h3-16,24H,2,17H2,1H3. The molecule has 1 N–H and O–H groups in total. The van der Waals surface area contributed by atoms with Crippen molar-refractivity contribution in [2.24, 2.45) is 0 Å². The summed E-state index contributed by atoms with van der Waals surface area (Å²) in [5, 5.41) is 3.70. The molecule has 1 unspecified atom stereocenters. The van der Waals surface area contributed by atoms with E-state index in [9.17, 15) is 4.79 Å². The number of nitrogens with one attached hydrogen (secondary N) is 1. The Labute approximate surface area is 154 Å². The van der Waals surface area contributed by atoms with Gasteiger partial charge in [0.25, 0.3) is 5.91 Å². The summed E-state index contributed by atoms with van der Waals surface area (Å²) in [6.07, 6.45) is 0.894. The maximum Gasteiger partial charge on any atom is 0.256 e. The lowest BCUT2D eigenvalue weighted by Crippen LogP contribution is -2.50. The Bertz CT molecular complexity index is 908. The SMILES string of the molecule is CCCN1C(=O)c2ccccc2C1(Nc1ccccc1)c1ccccc1. The molecule has 1 heterocycles. The van der Waals surface area contributed by atoms with E-state index in [1.807, 2.05) is 71.6 Å². The number of nitrogens with zero attached hydrogens (tertiary/aromatic N) is 1. The quantitative estimate of drug-likeness (QED) is 0.718. The predicted octanol–water partition coefficient (Wildman–Crippen LogP) is 4.87. The van der Waals surface area contributed by atoms with Crippen molar-refractivity contribution in [2.75, 3.05) is 11.9 Å². The van der Waals surface area contributed by atoms with Gasteiger partial charge in [0.05, 0.1) is 0 Å². The molecule has 0 saturated carbocycles. The van der Waals surface area contributed by atoms with Crippen LogP contribution < -0.4 is 5.32 Å². The first-order valence-corrected chi connectivity index (χ1v) is 9.07. The van der Waals surface area contributed by atoms with Gasteiger partial charge in [-0.15, -0.1) is 0 Å². The summed E-state index contributed by atoms with van der Waals surface area (Å²) in [7, 11) is 0. The number of fused-ring (bicyclic) bond motifs is 1. The van der Waals surface area contributed by atoms with Crippen molar-refractivity contribution in [1.29, 1.82) is 0 Å². The number of amides is 1. The number of benzene rings is 3. The number of para-hydroxylation sites is 1. The molecule has 130 valence electrons.